The molecule has 0 N–H and O–H groups in total. The molecule has 0 spiro atoms. The van der Waals surface area contributed by atoms with Crippen molar-refractivity contribution in [2.75, 3.05) is 38.1 Å². The topological polar surface area (TPSA) is 112 Å². The van der Waals surface area contributed by atoms with Crippen LogP contribution in [0.3, 0.4) is 0 Å². The lowest BCUT2D eigenvalue weighted by molar-refractivity contribution is 0.0722. The Labute approximate surface area is 340 Å². The van der Waals surface area contributed by atoms with Gasteiger partial charge in [0.15, 0.2) is 0 Å². The number of benzene rings is 5. The number of carbonyl (C=O) groups excluding carboxylic acids is 4. The van der Waals surface area contributed by atoms with Crippen LogP contribution < -0.4 is 23.8 Å². The summed E-state index contributed by atoms with van der Waals surface area (Å²) in [5, 5.41) is 0. The molecule has 0 aliphatic carbocycles. The molecule has 5 aromatic carbocycles. The summed E-state index contributed by atoms with van der Waals surface area (Å²) in [5.41, 5.74) is 3.53. The highest BCUT2D eigenvalue weighted by Crippen LogP contribution is 2.23. The number of anilines is 1. The molecule has 58 heavy (non-hydrogen) atoms. The van der Waals surface area contributed by atoms with Crippen LogP contribution >= 0.6 is 0 Å². The summed E-state index contributed by atoms with van der Waals surface area (Å²) in [6.45, 7) is 6.12. The van der Waals surface area contributed by atoms with Gasteiger partial charge in [-0.15, -0.1) is 0 Å². The molecule has 1 heterocycles. The van der Waals surface area contributed by atoms with Crippen molar-refractivity contribution in [2.24, 2.45) is 0 Å². The van der Waals surface area contributed by atoms with E-state index in [0.29, 0.717) is 22.6 Å². The normalized spacial score (nSPS) is 12.8. The van der Waals surface area contributed by atoms with Crippen molar-refractivity contribution in [1.82, 2.24) is 4.90 Å². The Kier molecular flexibility index (Phi) is 14.8. The van der Waals surface area contributed by atoms with E-state index in [1.807, 2.05) is 24.3 Å². The lowest BCUT2D eigenvalue weighted by Gasteiger charge is -2.34. The molecule has 1 saturated heterocycles. The molecule has 0 bridgehead atoms. The fourth-order valence-corrected chi connectivity index (χ4v) is 6.52. The summed E-state index contributed by atoms with van der Waals surface area (Å²) in [5.74, 6) is -1.04. The van der Waals surface area contributed by atoms with Gasteiger partial charge in [-0.3, -0.25) is 0 Å². The number of likely N-dealkylation sites (N-methyl/N-ethyl adjacent to an activating group) is 1. The zero-order valence-electron chi connectivity index (χ0n) is 33.2. The molecular formula is C48H50N2O8. The summed E-state index contributed by atoms with van der Waals surface area (Å²) in [6.07, 6.45) is 9.79. The Bertz CT molecular complexity index is 2110. The van der Waals surface area contributed by atoms with Gasteiger partial charge < -0.3 is 28.7 Å². The number of esters is 4. The summed E-state index contributed by atoms with van der Waals surface area (Å²) in [4.78, 5) is 55.7. The third-order valence-electron chi connectivity index (χ3n) is 10.1. The second-order valence-corrected chi connectivity index (χ2v) is 14.5. The van der Waals surface area contributed by atoms with E-state index in [4.69, 9.17) is 18.9 Å². The number of piperazine rings is 1. The fraction of sp³-hybridized carbons (Fsp3) is 0.292. The van der Waals surface area contributed by atoms with Crippen molar-refractivity contribution in [1.29, 1.82) is 0 Å². The maximum atomic E-state index is 12.8. The van der Waals surface area contributed by atoms with Crippen LogP contribution in [0.4, 0.5) is 5.69 Å². The van der Waals surface area contributed by atoms with Gasteiger partial charge >= 0.3 is 23.9 Å². The van der Waals surface area contributed by atoms with Gasteiger partial charge in [0.05, 0.1) is 22.3 Å². The van der Waals surface area contributed by atoms with Gasteiger partial charge in [0.25, 0.3) is 0 Å². The van der Waals surface area contributed by atoms with Crippen molar-refractivity contribution in [3.8, 4) is 23.0 Å². The average Bonchev–Trinajstić information content (AvgIpc) is 3.25. The van der Waals surface area contributed by atoms with Gasteiger partial charge in [-0.25, -0.2) is 19.2 Å². The Balaban J connectivity index is 0.918. The molecule has 10 heteroatoms. The van der Waals surface area contributed by atoms with Gasteiger partial charge in [-0.05, 0) is 135 Å². The lowest BCUT2D eigenvalue weighted by Crippen LogP contribution is -2.44. The van der Waals surface area contributed by atoms with Gasteiger partial charge in [0, 0.05) is 31.9 Å². The van der Waals surface area contributed by atoms with E-state index >= 15 is 0 Å². The third-order valence-corrected chi connectivity index (χ3v) is 10.1. The molecule has 0 radical (unpaired) electrons. The molecule has 0 unspecified atom stereocenters. The summed E-state index contributed by atoms with van der Waals surface area (Å²) in [7, 11) is 2.11. The molecule has 1 aliphatic rings. The van der Waals surface area contributed by atoms with Crippen LogP contribution in [0.15, 0.2) is 121 Å². The van der Waals surface area contributed by atoms with Gasteiger partial charge in [-0.1, -0.05) is 57.6 Å². The van der Waals surface area contributed by atoms with Crippen molar-refractivity contribution in [2.45, 2.75) is 58.3 Å². The molecule has 0 aromatic heterocycles. The van der Waals surface area contributed by atoms with E-state index < -0.39 is 23.9 Å². The molecular weight excluding hydrogens is 733 g/mol. The largest absolute Gasteiger partial charge is 0.423 e. The number of nitrogens with zero attached hydrogens (tertiary/aromatic N) is 2. The highest BCUT2D eigenvalue weighted by Gasteiger charge is 2.17. The summed E-state index contributed by atoms with van der Waals surface area (Å²) in [6, 6.07) is 33.1. The predicted octanol–water partition coefficient (Wildman–Crippen LogP) is 9.61. The first-order valence-electron chi connectivity index (χ1n) is 20.1. The number of ether oxygens (including phenoxy) is 4. The lowest BCUT2D eigenvalue weighted by atomic mass is 10.0. The molecule has 0 amide bonds. The zero-order chi connectivity index (χ0) is 40.7. The maximum Gasteiger partial charge on any atom is 0.343 e. The standard InChI is InChI=1S/C48H50N2O8/c1-3-4-5-6-7-8-9-10-35-11-13-36(14-12-35)45(51)55-41-23-15-37(16-24-41)46(52)56-42-25-17-38(18-26-42)47(53)57-43-27-19-39(20-28-43)48(54)58-44-29-21-40(22-30-44)50-33-31-49(2)32-34-50/h11-30H,3-10,31-34H2,1-2H3. The Morgan fingerprint density at radius 1 is 0.431 bits per heavy atom. The van der Waals surface area contributed by atoms with Crippen molar-refractivity contribution >= 4 is 29.6 Å². The summed E-state index contributed by atoms with van der Waals surface area (Å²) < 4.78 is 22.0. The Hall–Kier alpha value is -6.26. The van der Waals surface area contributed by atoms with E-state index in [-0.39, 0.29) is 22.6 Å². The second-order valence-electron chi connectivity index (χ2n) is 14.5. The molecule has 5 aromatic rings. The third kappa shape index (κ3) is 12.1. The molecule has 1 aliphatic heterocycles. The highest BCUT2D eigenvalue weighted by molar-refractivity contribution is 5.94. The van der Waals surface area contributed by atoms with Crippen molar-refractivity contribution in [3.63, 3.8) is 0 Å². The van der Waals surface area contributed by atoms with E-state index in [1.165, 1.54) is 117 Å². The number of aryl methyl sites for hydroxylation is 1. The first kappa shape index (κ1) is 41.4. The van der Waals surface area contributed by atoms with Crippen LogP contribution in [0.5, 0.6) is 23.0 Å². The van der Waals surface area contributed by atoms with Crippen LogP contribution in [0, 0.1) is 0 Å². The molecule has 10 nitrogen and oxygen atoms in total. The van der Waals surface area contributed by atoms with Gasteiger partial charge in [-0.2, -0.15) is 0 Å². The number of unbranched alkanes of at least 4 members (excludes halogenated alkanes) is 6. The maximum absolute atomic E-state index is 12.8. The Morgan fingerprint density at radius 2 is 0.759 bits per heavy atom. The van der Waals surface area contributed by atoms with Crippen LogP contribution in [0.2, 0.25) is 0 Å². The zero-order valence-corrected chi connectivity index (χ0v) is 33.2. The average molecular weight is 783 g/mol. The number of rotatable bonds is 17. The van der Waals surface area contributed by atoms with Crippen molar-refractivity contribution < 1.29 is 38.1 Å². The second kappa shape index (κ2) is 20.8. The quantitative estimate of drug-likeness (QED) is 0.0514. The van der Waals surface area contributed by atoms with E-state index in [9.17, 15) is 19.2 Å². The predicted molar refractivity (Wildman–Crippen MR) is 223 cm³/mol. The summed E-state index contributed by atoms with van der Waals surface area (Å²) >= 11 is 0. The molecule has 1 fully saturated rings. The smallest absolute Gasteiger partial charge is 0.343 e. The minimum absolute atomic E-state index is 0.226. The van der Waals surface area contributed by atoms with Crippen LogP contribution in [-0.4, -0.2) is 62.0 Å². The van der Waals surface area contributed by atoms with Gasteiger partial charge in [0.2, 0.25) is 0 Å². The van der Waals surface area contributed by atoms with E-state index in [1.54, 1.807) is 24.3 Å². The van der Waals surface area contributed by atoms with Crippen LogP contribution in [0.1, 0.15) is 98.9 Å². The highest BCUT2D eigenvalue weighted by atomic mass is 16.5. The molecule has 0 saturated carbocycles. The monoisotopic (exact) mass is 782 g/mol. The number of carbonyl (C=O) groups is 4. The number of hydrogen-bond acceptors (Lipinski definition) is 10. The molecule has 300 valence electrons. The molecule has 0 atom stereocenters. The SMILES string of the molecule is CCCCCCCCCc1ccc(C(=O)Oc2ccc(C(=O)Oc3ccc(C(=O)Oc4ccc(C(=O)Oc5ccc(N6CCN(C)CC6)cc5)cc4)cc3)cc2)cc1. The fourth-order valence-electron chi connectivity index (χ4n) is 6.52. The molecule has 6 rings (SSSR count). The van der Waals surface area contributed by atoms with Crippen LogP contribution in [-0.2, 0) is 6.42 Å². The number of hydrogen-bond donors (Lipinski definition) is 0. The minimum atomic E-state index is -0.627. The Morgan fingerprint density at radius 3 is 1.14 bits per heavy atom. The van der Waals surface area contributed by atoms with E-state index in [0.717, 1.165) is 44.7 Å². The van der Waals surface area contributed by atoms with Crippen LogP contribution in [0.25, 0.3) is 0 Å². The van der Waals surface area contributed by atoms with Gasteiger partial charge in [0.1, 0.15) is 23.0 Å². The van der Waals surface area contributed by atoms with E-state index in [2.05, 4.69) is 23.8 Å². The minimum Gasteiger partial charge on any atom is -0.423 e. The van der Waals surface area contributed by atoms with Crippen molar-refractivity contribution in [3.05, 3.63) is 149 Å². The first-order chi connectivity index (χ1) is 28.2. The first-order valence-corrected chi connectivity index (χ1v) is 20.1.